The van der Waals surface area contributed by atoms with E-state index < -0.39 is 48.3 Å². The number of nitrogens with one attached hydrogen (secondary N) is 1. The first-order chi connectivity index (χ1) is 11.5. The van der Waals surface area contributed by atoms with Gasteiger partial charge in [0.1, 0.15) is 18.0 Å². The number of anilines is 1. The van der Waals surface area contributed by atoms with Gasteiger partial charge in [0.15, 0.2) is 0 Å². The third kappa shape index (κ3) is 4.19. The molecule has 3 N–H and O–H groups in total. The van der Waals surface area contributed by atoms with Gasteiger partial charge in [0, 0.05) is 5.56 Å². The summed E-state index contributed by atoms with van der Waals surface area (Å²) < 4.78 is 76.4. The fourth-order valence-electron chi connectivity index (χ4n) is 1.95. The van der Waals surface area contributed by atoms with Crippen LogP contribution in [0.2, 0.25) is 0 Å². The van der Waals surface area contributed by atoms with E-state index in [0.717, 1.165) is 12.1 Å². The molecule has 2 aromatic rings. The fourth-order valence-corrected chi connectivity index (χ4v) is 1.95. The molecule has 0 aliphatic carbocycles. The molecule has 136 valence electrons. The summed E-state index contributed by atoms with van der Waals surface area (Å²) in [7, 11) is 0. The zero-order valence-electron chi connectivity index (χ0n) is 12.5. The number of benzene rings is 1. The molecule has 0 aliphatic heterocycles. The summed E-state index contributed by atoms with van der Waals surface area (Å²) in [6.45, 7) is -0.288. The summed E-state index contributed by atoms with van der Waals surface area (Å²) in [5.74, 6) is -3.62. The molecule has 0 atom stereocenters. The molecule has 1 aromatic carbocycles. The monoisotopic (exact) mass is 367 g/mol. The van der Waals surface area contributed by atoms with Crippen LogP contribution in [0.4, 0.5) is 32.3 Å². The Morgan fingerprint density at radius 1 is 1.36 bits per heavy atom. The van der Waals surface area contributed by atoms with Gasteiger partial charge < -0.3 is 11.1 Å². The Kier molecular flexibility index (Phi) is 4.90. The van der Waals surface area contributed by atoms with Crippen LogP contribution in [-0.4, -0.2) is 33.4 Å². The largest absolute Gasteiger partial charge is 0.405 e. The minimum Gasteiger partial charge on any atom is -0.368 e. The smallest absolute Gasteiger partial charge is 0.368 e. The van der Waals surface area contributed by atoms with Crippen LogP contribution < -0.4 is 11.1 Å². The molecule has 1 aromatic heterocycles. The van der Waals surface area contributed by atoms with Gasteiger partial charge in [-0.3, -0.25) is 4.79 Å². The molecule has 1 amide bonds. The minimum atomic E-state index is -4.63. The van der Waals surface area contributed by atoms with Crippen LogP contribution in [0.25, 0.3) is 5.69 Å². The first-order valence-corrected chi connectivity index (χ1v) is 6.65. The van der Waals surface area contributed by atoms with Crippen LogP contribution in [-0.2, 0) is 0 Å². The molecule has 0 spiro atoms. The zero-order chi connectivity index (χ0) is 18.9. The highest BCUT2D eigenvalue weighted by molar-refractivity contribution is 5.96. The highest BCUT2D eigenvalue weighted by atomic mass is 19.4. The van der Waals surface area contributed by atoms with Crippen molar-refractivity contribution in [2.75, 3.05) is 12.3 Å². The Morgan fingerprint density at radius 3 is 2.52 bits per heavy atom. The molecule has 12 heteroatoms. The summed E-state index contributed by atoms with van der Waals surface area (Å²) in [5.41, 5.74) is 4.64. The van der Waals surface area contributed by atoms with Crippen LogP contribution in [0.15, 0.2) is 12.1 Å². The van der Waals surface area contributed by atoms with E-state index in [1.54, 1.807) is 5.32 Å². The summed E-state index contributed by atoms with van der Waals surface area (Å²) in [6, 6.07) is 1.71. The molecule has 0 saturated carbocycles. The molecule has 0 radical (unpaired) electrons. The standard InChI is InChI=1S/C13H11F6N5O/c1-5-2-7(14)8(24-12(20)22-10(23-24)9(15)16)3-6(5)11(25)21-4-13(17,18)19/h2-3,9H,4H2,1H3,(H,21,25)(H2,20,22,23). The van der Waals surface area contributed by atoms with E-state index in [1.165, 1.54) is 6.92 Å². The number of carbonyl (C=O) groups is 1. The van der Waals surface area contributed by atoms with Gasteiger partial charge in [-0.2, -0.15) is 22.8 Å². The molecular formula is C13H11F6N5O. The average Bonchev–Trinajstić information content (AvgIpc) is 2.86. The zero-order valence-corrected chi connectivity index (χ0v) is 12.5. The van der Waals surface area contributed by atoms with Crippen LogP contribution >= 0.6 is 0 Å². The molecule has 0 aliphatic rings. The van der Waals surface area contributed by atoms with Crippen molar-refractivity contribution in [3.63, 3.8) is 0 Å². The predicted octanol–water partition coefficient (Wildman–Crippen LogP) is 2.53. The van der Waals surface area contributed by atoms with Crippen molar-refractivity contribution in [1.82, 2.24) is 20.1 Å². The van der Waals surface area contributed by atoms with Crippen LogP contribution in [0.3, 0.4) is 0 Å². The highest BCUT2D eigenvalue weighted by Crippen LogP contribution is 2.23. The number of nitrogen functional groups attached to an aromatic ring is 1. The normalized spacial score (nSPS) is 11.8. The van der Waals surface area contributed by atoms with Crippen molar-refractivity contribution < 1.29 is 31.1 Å². The highest BCUT2D eigenvalue weighted by Gasteiger charge is 2.28. The Morgan fingerprint density at radius 2 is 2.00 bits per heavy atom. The molecule has 2 rings (SSSR count). The van der Waals surface area contributed by atoms with E-state index in [0.29, 0.717) is 4.68 Å². The van der Waals surface area contributed by atoms with Gasteiger partial charge in [0.25, 0.3) is 12.3 Å². The number of aromatic nitrogens is 3. The molecule has 0 saturated heterocycles. The number of nitrogens with zero attached hydrogens (tertiary/aromatic N) is 3. The Labute approximate surface area is 136 Å². The van der Waals surface area contributed by atoms with Gasteiger partial charge in [-0.25, -0.2) is 13.2 Å². The van der Waals surface area contributed by atoms with E-state index in [2.05, 4.69) is 10.1 Å². The summed E-state index contributed by atoms with van der Waals surface area (Å²) in [5, 5.41) is 4.97. The average molecular weight is 367 g/mol. The van der Waals surface area contributed by atoms with Crippen molar-refractivity contribution >= 4 is 11.9 Å². The lowest BCUT2D eigenvalue weighted by molar-refractivity contribution is -0.123. The third-order valence-corrected chi connectivity index (χ3v) is 3.06. The minimum absolute atomic E-state index is 0.0358. The maximum absolute atomic E-state index is 14.1. The van der Waals surface area contributed by atoms with E-state index in [1.807, 2.05) is 0 Å². The first-order valence-electron chi connectivity index (χ1n) is 6.65. The number of carbonyl (C=O) groups excluding carboxylic acids is 1. The molecule has 0 bridgehead atoms. The number of amides is 1. The lowest BCUT2D eigenvalue weighted by atomic mass is 10.1. The Hall–Kier alpha value is -2.79. The molecule has 0 fully saturated rings. The Bertz CT molecular complexity index is 801. The fraction of sp³-hybridized carbons (Fsp3) is 0.308. The van der Waals surface area contributed by atoms with E-state index >= 15 is 0 Å². The SMILES string of the molecule is Cc1cc(F)c(-n2nc(C(F)F)nc2N)cc1C(=O)NCC(F)(F)F. The molecule has 25 heavy (non-hydrogen) atoms. The van der Waals surface area contributed by atoms with Crippen molar-refractivity contribution in [3.8, 4) is 5.69 Å². The van der Waals surface area contributed by atoms with E-state index in [9.17, 15) is 31.1 Å². The lowest BCUT2D eigenvalue weighted by Gasteiger charge is -2.12. The summed E-state index contributed by atoms with van der Waals surface area (Å²) in [4.78, 5) is 15.1. The number of hydrogen-bond acceptors (Lipinski definition) is 4. The quantitative estimate of drug-likeness (QED) is 0.814. The van der Waals surface area contributed by atoms with Gasteiger partial charge in [0.2, 0.25) is 11.8 Å². The number of halogens is 6. The number of nitrogens with two attached hydrogens (primary N) is 1. The second-order valence-electron chi connectivity index (χ2n) is 4.96. The Balaban J connectivity index is 2.43. The molecule has 6 nitrogen and oxygen atoms in total. The van der Waals surface area contributed by atoms with Gasteiger partial charge in [-0.05, 0) is 24.6 Å². The summed E-state index contributed by atoms with van der Waals surface area (Å²) >= 11 is 0. The van der Waals surface area contributed by atoms with Crippen molar-refractivity contribution in [3.05, 3.63) is 34.9 Å². The van der Waals surface area contributed by atoms with Crippen LogP contribution in [0.5, 0.6) is 0 Å². The summed E-state index contributed by atoms with van der Waals surface area (Å²) in [6.07, 6.45) is -7.69. The first kappa shape index (κ1) is 18.5. The molecule has 0 unspecified atom stereocenters. The molecule has 1 heterocycles. The van der Waals surface area contributed by atoms with Gasteiger partial charge in [0.05, 0.1) is 0 Å². The van der Waals surface area contributed by atoms with Crippen molar-refractivity contribution in [2.24, 2.45) is 0 Å². The van der Waals surface area contributed by atoms with Crippen molar-refractivity contribution in [2.45, 2.75) is 19.5 Å². The van der Waals surface area contributed by atoms with Crippen LogP contribution in [0, 0.1) is 12.7 Å². The van der Waals surface area contributed by atoms with E-state index in [-0.39, 0.29) is 11.1 Å². The third-order valence-electron chi connectivity index (χ3n) is 3.06. The maximum atomic E-state index is 14.1. The van der Waals surface area contributed by atoms with Gasteiger partial charge in [-0.1, -0.05) is 0 Å². The predicted molar refractivity (Wildman–Crippen MR) is 73.8 cm³/mol. The van der Waals surface area contributed by atoms with Gasteiger partial charge in [-0.15, -0.1) is 5.10 Å². The van der Waals surface area contributed by atoms with Crippen LogP contribution in [0.1, 0.15) is 28.2 Å². The second kappa shape index (κ2) is 6.61. The topological polar surface area (TPSA) is 85.8 Å². The lowest BCUT2D eigenvalue weighted by Crippen LogP contribution is -2.34. The second-order valence-corrected chi connectivity index (χ2v) is 4.96. The number of alkyl halides is 5. The number of rotatable bonds is 4. The van der Waals surface area contributed by atoms with Gasteiger partial charge >= 0.3 is 6.18 Å². The van der Waals surface area contributed by atoms with Crippen molar-refractivity contribution in [1.29, 1.82) is 0 Å². The molecular weight excluding hydrogens is 356 g/mol. The maximum Gasteiger partial charge on any atom is 0.405 e. The number of aryl methyl sites for hydroxylation is 1. The number of hydrogen-bond donors (Lipinski definition) is 2. The van der Waals surface area contributed by atoms with E-state index in [4.69, 9.17) is 5.73 Å².